The maximum atomic E-state index is 5.93. The van der Waals surface area contributed by atoms with E-state index in [0.717, 1.165) is 67.4 Å². The topological polar surface area (TPSA) is 76.3 Å². The number of rotatable bonds is 4. The monoisotopic (exact) mass is 327 g/mol. The molecule has 1 saturated heterocycles. The third-order valence-corrected chi connectivity index (χ3v) is 4.51. The van der Waals surface area contributed by atoms with Crippen LogP contribution in [0.15, 0.2) is 16.8 Å². The molecular formula is C17H21N5O2. The van der Waals surface area contributed by atoms with Crippen LogP contribution in [0.3, 0.4) is 0 Å². The predicted octanol–water partition coefficient (Wildman–Crippen LogP) is 2.13. The molecule has 1 aliphatic rings. The molecule has 1 fully saturated rings. The molecule has 1 N–H and O–H groups in total. The quantitative estimate of drug-likeness (QED) is 0.786. The van der Waals surface area contributed by atoms with Crippen LogP contribution in [0.5, 0.6) is 0 Å². The molecule has 3 aromatic heterocycles. The Kier molecular flexibility index (Phi) is 4.03. The van der Waals surface area contributed by atoms with E-state index in [9.17, 15) is 0 Å². The van der Waals surface area contributed by atoms with Crippen molar-refractivity contribution in [2.45, 2.75) is 13.8 Å². The highest BCUT2D eigenvalue weighted by Gasteiger charge is 2.16. The lowest BCUT2D eigenvalue weighted by Crippen LogP contribution is -2.39. The molecule has 7 heteroatoms. The minimum absolute atomic E-state index is 0.616. The van der Waals surface area contributed by atoms with Gasteiger partial charge >= 0.3 is 0 Å². The third kappa shape index (κ3) is 2.81. The van der Waals surface area contributed by atoms with E-state index < -0.39 is 0 Å². The lowest BCUT2D eigenvalue weighted by Gasteiger charge is -2.26. The van der Waals surface area contributed by atoms with Crippen LogP contribution >= 0.6 is 0 Å². The van der Waals surface area contributed by atoms with Gasteiger partial charge in [0.1, 0.15) is 11.8 Å². The van der Waals surface area contributed by atoms with Crippen molar-refractivity contribution in [1.82, 2.24) is 19.9 Å². The van der Waals surface area contributed by atoms with E-state index in [1.54, 1.807) is 6.33 Å². The van der Waals surface area contributed by atoms with Gasteiger partial charge in [-0.2, -0.15) is 0 Å². The standard InChI is InChI=1S/C17H21N5O2/c1-11-9-13-14-15(24-17(13)21-12(11)2)16(20-10-19-14)18-3-4-22-5-7-23-8-6-22/h9-10H,3-8H2,1-2H3,(H,18,19,20). The van der Waals surface area contributed by atoms with Gasteiger partial charge in [-0.15, -0.1) is 0 Å². The Morgan fingerprint density at radius 3 is 2.88 bits per heavy atom. The highest BCUT2D eigenvalue weighted by molar-refractivity contribution is 6.04. The van der Waals surface area contributed by atoms with Crippen LogP contribution in [0.4, 0.5) is 5.82 Å². The van der Waals surface area contributed by atoms with Gasteiger partial charge in [0.05, 0.1) is 18.6 Å². The summed E-state index contributed by atoms with van der Waals surface area (Å²) < 4.78 is 11.3. The molecule has 4 heterocycles. The zero-order chi connectivity index (χ0) is 16.5. The van der Waals surface area contributed by atoms with Gasteiger partial charge in [0, 0.05) is 31.9 Å². The van der Waals surface area contributed by atoms with E-state index in [1.807, 2.05) is 13.8 Å². The maximum absolute atomic E-state index is 5.93. The lowest BCUT2D eigenvalue weighted by molar-refractivity contribution is 0.0398. The van der Waals surface area contributed by atoms with Crippen molar-refractivity contribution in [2.75, 3.05) is 44.7 Å². The molecule has 126 valence electrons. The van der Waals surface area contributed by atoms with E-state index in [4.69, 9.17) is 9.15 Å². The summed E-state index contributed by atoms with van der Waals surface area (Å²) in [6.07, 6.45) is 1.57. The second kappa shape index (κ2) is 6.33. The fourth-order valence-corrected chi connectivity index (χ4v) is 2.97. The van der Waals surface area contributed by atoms with E-state index in [2.05, 4.69) is 31.2 Å². The molecule has 0 saturated carbocycles. The van der Waals surface area contributed by atoms with Gasteiger partial charge < -0.3 is 14.5 Å². The molecule has 0 aromatic carbocycles. The fraction of sp³-hybridized carbons (Fsp3) is 0.471. The van der Waals surface area contributed by atoms with Gasteiger partial charge in [-0.05, 0) is 25.5 Å². The van der Waals surface area contributed by atoms with Crippen molar-refractivity contribution < 1.29 is 9.15 Å². The highest BCUT2D eigenvalue weighted by Crippen LogP contribution is 2.30. The van der Waals surface area contributed by atoms with Crippen LogP contribution in [-0.2, 0) is 4.74 Å². The average molecular weight is 327 g/mol. The molecule has 0 amide bonds. The average Bonchev–Trinajstić information content (AvgIpc) is 2.95. The Labute approximate surface area is 140 Å². The molecule has 0 atom stereocenters. The first-order valence-corrected chi connectivity index (χ1v) is 8.28. The summed E-state index contributed by atoms with van der Waals surface area (Å²) in [7, 11) is 0. The molecule has 4 rings (SSSR count). The molecule has 7 nitrogen and oxygen atoms in total. The molecule has 0 spiro atoms. The maximum Gasteiger partial charge on any atom is 0.229 e. The lowest BCUT2D eigenvalue weighted by atomic mass is 10.2. The Balaban J connectivity index is 1.58. The van der Waals surface area contributed by atoms with Gasteiger partial charge in [0.25, 0.3) is 0 Å². The summed E-state index contributed by atoms with van der Waals surface area (Å²) in [5, 5.41) is 4.31. The number of morpholine rings is 1. The van der Waals surface area contributed by atoms with Crippen LogP contribution in [0, 0.1) is 13.8 Å². The summed E-state index contributed by atoms with van der Waals surface area (Å²) >= 11 is 0. The Morgan fingerprint density at radius 1 is 1.21 bits per heavy atom. The second-order valence-corrected chi connectivity index (χ2v) is 6.13. The third-order valence-electron chi connectivity index (χ3n) is 4.51. The minimum Gasteiger partial charge on any atom is -0.432 e. The fourth-order valence-electron chi connectivity index (χ4n) is 2.97. The number of hydrogen-bond donors (Lipinski definition) is 1. The Bertz CT molecular complexity index is 870. The summed E-state index contributed by atoms with van der Waals surface area (Å²) in [4.78, 5) is 15.6. The number of nitrogens with zero attached hydrogens (tertiary/aromatic N) is 4. The summed E-state index contributed by atoms with van der Waals surface area (Å²) in [6, 6.07) is 2.08. The van der Waals surface area contributed by atoms with Crippen LogP contribution < -0.4 is 5.32 Å². The van der Waals surface area contributed by atoms with Gasteiger partial charge in [-0.1, -0.05) is 0 Å². The van der Waals surface area contributed by atoms with Gasteiger partial charge in [0.2, 0.25) is 5.71 Å². The van der Waals surface area contributed by atoms with Crippen molar-refractivity contribution in [3.63, 3.8) is 0 Å². The van der Waals surface area contributed by atoms with Crippen LogP contribution in [0.25, 0.3) is 22.2 Å². The number of aryl methyl sites for hydroxylation is 2. The van der Waals surface area contributed by atoms with E-state index >= 15 is 0 Å². The molecule has 0 aliphatic carbocycles. The first-order valence-electron chi connectivity index (χ1n) is 8.28. The number of furan rings is 1. The zero-order valence-corrected chi connectivity index (χ0v) is 14.0. The number of pyridine rings is 1. The van der Waals surface area contributed by atoms with Gasteiger partial charge in [-0.3, -0.25) is 4.90 Å². The van der Waals surface area contributed by atoms with Gasteiger partial charge in [-0.25, -0.2) is 15.0 Å². The van der Waals surface area contributed by atoms with Crippen molar-refractivity contribution >= 4 is 28.0 Å². The Morgan fingerprint density at radius 2 is 2.04 bits per heavy atom. The number of fused-ring (bicyclic) bond motifs is 3. The number of hydrogen-bond acceptors (Lipinski definition) is 7. The van der Waals surface area contributed by atoms with Crippen molar-refractivity contribution in [1.29, 1.82) is 0 Å². The SMILES string of the molecule is Cc1cc2c(nc1C)oc1c(NCCN3CCOCC3)ncnc12. The van der Waals surface area contributed by atoms with Crippen LogP contribution in [-0.4, -0.2) is 59.2 Å². The number of anilines is 1. The van der Waals surface area contributed by atoms with E-state index in [-0.39, 0.29) is 0 Å². The second-order valence-electron chi connectivity index (χ2n) is 6.13. The largest absolute Gasteiger partial charge is 0.432 e. The normalized spacial score (nSPS) is 16.1. The van der Waals surface area contributed by atoms with E-state index in [0.29, 0.717) is 11.3 Å². The van der Waals surface area contributed by atoms with Crippen LogP contribution in [0.2, 0.25) is 0 Å². The summed E-state index contributed by atoms with van der Waals surface area (Å²) in [6.45, 7) is 9.36. The molecule has 0 unspecified atom stereocenters. The number of ether oxygens (including phenoxy) is 1. The summed E-state index contributed by atoms with van der Waals surface area (Å²) in [5.74, 6) is 0.724. The minimum atomic E-state index is 0.616. The molecule has 3 aromatic rings. The highest BCUT2D eigenvalue weighted by atomic mass is 16.5. The smallest absolute Gasteiger partial charge is 0.229 e. The molecule has 1 aliphatic heterocycles. The summed E-state index contributed by atoms with van der Waals surface area (Å²) in [5.41, 5.74) is 4.20. The molecule has 0 radical (unpaired) electrons. The zero-order valence-electron chi connectivity index (χ0n) is 14.0. The first kappa shape index (κ1) is 15.3. The first-order chi connectivity index (χ1) is 11.7. The van der Waals surface area contributed by atoms with Crippen LogP contribution in [0.1, 0.15) is 11.3 Å². The van der Waals surface area contributed by atoms with Crippen molar-refractivity contribution in [3.8, 4) is 0 Å². The van der Waals surface area contributed by atoms with Gasteiger partial charge in [0.15, 0.2) is 11.4 Å². The van der Waals surface area contributed by atoms with E-state index in [1.165, 1.54) is 0 Å². The van der Waals surface area contributed by atoms with Crippen molar-refractivity contribution in [3.05, 3.63) is 23.7 Å². The van der Waals surface area contributed by atoms with Crippen molar-refractivity contribution in [2.24, 2.45) is 0 Å². The number of aromatic nitrogens is 3. The molecule has 0 bridgehead atoms. The Hall–Kier alpha value is -2.25. The number of nitrogens with one attached hydrogen (secondary N) is 1. The predicted molar refractivity (Wildman–Crippen MR) is 92.3 cm³/mol. The molecule has 24 heavy (non-hydrogen) atoms. The molecular weight excluding hydrogens is 306 g/mol.